The minimum atomic E-state index is -4.38. The van der Waals surface area contributed by atoms with Gasteiger partial charge in [0.05, 0.1) is 5.56 Å². The van der Waals surface area contributed by atoms with E-state index in [1.807, 2.05) is 13.8 Å². The van der Waals surface area contributed by atoms with Gasteiger partial charge in [-0.25, -0.2) is 0 Å². The number of alkyl halides is 3. The molecule has 1 aromatic rings. The predicted octanol–water partition coefficient (Wildman–Crippen LogP) is 2.43. The third kappa shape index (κ3) is 4.90. The number of nitrogens with one attached hydrogen (secondary N) is 2. The molecule has 1 amide bonds. The van der Waals surface area contributed by atoms with Crippen LogP contribution in [0.1, 0.15) is 29.8 Å². The van der Waals surface area contributed by atoms with E-state index in [0.717, 1.165) is 18.7 Å². The summed E-state index contributed by atoms with van der Waals surface area (Å²) in [5.74, 6) is -0.376. The summed E-state index contributed by atoms with van der Waals surface area (Å²) in [4.78, 5) is 11.7. The Morgan fingerprint density at radius 3 is 2.32 bits per heavy atom. The van der Waals surface area contributed by atoms with Crippen LogP contribution in [0.5, 0.6) is 0 Å². The van der Waals surface area contributed by atoms with Gasteiger partial charge in [0.15, 0.2) is 0 Å². The summed E-state index contributed by atoms with van der Waals surface area (Å²) in [6, 6.07) is 4.28. The Bertz CT molecular complexity index is 415. The van der Waals surface area contributed by atoms with Gasteiger partial charge < -0.3 is 10.6 Å². The van der Waals surface area contributed by atoms with Crippen molar-refractivity contribution >= 4 is 5.91 Å². The molecular formula is C13H17F3N2O. The van der Waals surface area contributed by atoms with E-state index in [9.17, 15) is 18.0 Å². The topological polar surface area (TPSA) is 41.1 Å². The zero-order valence-corrected chi connectivity index (χ0v) is 10.8. The minimum absolute atomic E-state index is 0.114. The summed E-state index contributed by atoms with van der Waals surface area (Å²) in [6.07, 6.45) is -4.38. The van der Waals surface area contributed by atoms with Gasteiger partial charge in [0.2, 0.25) is 0 Å². The second-order valence-corrected chi connectivity index (χ2v) is 4.24. The van der Waals surface area contributed by atoms with Crippen molar-refractivity contribution in [2.75, 3.05) is 13.1 Å². The Labute approximate surface area is 110 Å². The van der Waals surface area contributed by atoms with Gasteiger partial charge in [-0.15, -0.1) is 0 Å². The number of carbonyl (C=O) groups is 1. The van der Waals surface area contributed by atoms with Crippen molar-refractivity contribution in [2.45, 2.75) is 26.1 Å². The fraction of sp³-hybridized carbons (Fsp3) is 0.462. The molecule has 0 aliphatic rings. The normalized spacial score (nSPS) is 13.1. The molecule has 1 rings (SSSR count). The van der Waals surface area contributed by atoms with Gasteiger partial charge in [0.25, 0.3) is 5.91 Å². The van der Waals surface area contributed by atoms with Crippen LogP contribution in [0.2, 0.25) is 0 Å². The highest BCUT2D eigenvalue weighted by atomic mass is 19.4. The molecule has 0 heterocycles. The van der Waals surface area contributed by atoms with Crippen LogP contribution in [0, 0.1) is 0 Å². The van der Waals surface area contributed by atoms with Gasteiger partial charge >= 0.3 is 6.18 Å². The van der Waals surface area contributed by atoms with Crippen LogP contribution in [0.15, 0.2) is 24.3 Å². The lowest BCUT2D eigenvalue weighted by Crippen LogP contribution is -2.38. The van der Waals surface area contributed by atoms with Crippen LogP contribution >= 0.6 is 0 Å². The van der Waals surface area contributed by atoms with Crippen molar-refractivity contribution in [3.05, 3.63) is 35.4 Å². The second-order valence-electron chi connectivity index (χ2n) is 4.24. The predicted molar refractivity (Wildman–Crippen MR) is 66.9 cm³/mol. The van der Waals surface area contributed by atoms with Crippen LogP contribution in [-0.2, 0) is 6.18 Å². The Balaban J connectivity index is 2.59. The van der Waals surface area contributed by atoms with Gasteiger partial charge in [0.1, 0.15) is 0 Å². The van der Waals surface area contributed by atoms with E-state index in [-0.39, 0.29) is 17.5 Å². The lowest BCUT2D eigenvalue weighted by Gasteiger charge is -2.13. The second kappa shape index (κ2) is 6.56. The maximum atomic E-state index is 12.4. The SMILES string of the molecule is CCN[C@H](C)CNC(=O)c1ccc(C(F)(F)F)cc1. The molecule has 2 N–H and O–H groups in total. The standard InChI is InChI=1S/C13H17F3N2O/c1-3-17-9(2)8-18-12(19)10-4-6-11(7-5-10)13(14,15)16/h4-7,9,17H,3,8H2,1-2H3,(H,18,19)/t9-/m1/s1. The molecule has 0 radical (unpaired) electrons. The summed E-state index contributed by atoms with van der Waals surface area (Å²) in [7, 11) is 0. The van der Waals surface area contributed by atoms with Gasteiger partial charge in [0, 0.05) is 18.2 Å². The highest BCUT2D eigenvalue weighted by Gasteiger charge is 2.30. The van der Waals surface area contributed by atoms with Crippen molar-refractivity contribution in [3.63, 3.8) is 0 Å². The smallest absolute Gasteiger partial charge is 0.350 e. The zero-order valence-electron chi connectivity index (χ0n) is 10.8. The van der Waals surface area contributed by atoms with Crippen molar-refractivity contribution in [2.24, 2.45) is 0 Å². The third-order valence-electron chi connectivity index (χ3n) is 2.60. The van der Waals surface area contributed by atoms with Crippen molar-refractivity contribution in [1.29, 1.82) is 0 Å². The summed E-state index contributed by atoms with van der Waals surface area (Å²) in [5.41, 5.74) is -0.540. The molecule has 0 saturated heterocycles. The lowest BCUT2D eigenvalue weighted by atomic mass is 10.1. The van der Waals surface area contributed by atoms with E-state index in [4.69, 9.17) is 0 Å². The van der Waals surface area contributed by atoms with Crippen LogP contribution in [0.4, 0.5) is 13.2 Å². The molecule has 0 aliphatic carbocycles. The summed E-state index contributed by atoms with van der Waals surface area (Å²) in [5, 5.41) is 5.78. The first-order valence-electron chi connectivity index (χ1n) is 6.03. The number of amides is 1. The summed E-state index contributed by atoms with van der Waals surface area (Å²) in [6.45, 7) is 5.08. The average molecular weight is 274 g/mol. The largest absolute Gasteiger partial charge is 0.416 e. The number of benzene rings is 1. The van der Waals surface area contributed by atoms with Crippen molar-refractivity contribution in [3.8, 4) is 0 Å². The van der Waals surface area contributed by atoms with Gasteiger partial charge in [-0.1, -0.05) is 6.92 Å². The Hall–Kier alpha value is -1.56. The maximum absolute atomic E-state index is 12.4. The maximum Gasteiger partial charge on any atom is 0.416 e. The Kier molecular flexibility index (Phi) is 5.35. The van der Waals surface area contributed by atoms with E-state index in [1.165, 1.54) is 12.1 Å². The number of halogens is 3. The van der Waals surface area contributed by atoms with Crippen LogP contribution in [0.3, 0.4) is 0 Å². The zero-order chi connectivity index (χ0) is 14.5. The highest BCUT2D eigenvalue weighted by molar-refractivity contribution is 5.94. The molecule has 0 fully saturated rings. The monoisotopic (exact) mass is 274 g/mol. The number of carbonyl (C=O) groups excluding carboxylic acids is 1. The quantitative estimate of drug-likeness (QED) is 0.866. The van der Waals surface area contributed by atoms with Gasteiger partial charge in [-0.2, -0.15) is 13.2 Å². The first-order valence-corrected chi connectivity index (χ1v) is 6.03. The third-order valence-corrected chi connectivity index (χ3v) is 2.60. The molecule has 0 unspecified atom stereocenters. The lowest BCUT2D eigenvalue weighted by molar-refractivity contribution is -0.137. The first-order chi connectivity index (χ1) is 8.84. The molecule has 3 nitrogen and oxygen atoms in total. The number of rotatable bonds is 5. The molecule has 1 atom stereocenters. The molecule has 0 aliphatic heterocycles. The molecule has 1 aromatic carbocycles. The molecule has 106 valence electrons. The number of hydrogen-bond acceptors (Lipinski definition) is 2. The summed E-state index contributed by atoms with van der Waals surface area (Å²) >= 11 is 0. The van der Waals surface area contributed by atoms with Gasteiger partial charge in [-0.3, -0.25) is 4.79 Å². The molecule has 0 spiro atoms. The van der Waals surface area contributed by atoms with Crippen molar-refractivity contribution < 1.29 is 18.0 Å². The van der Waals surface area contributed by atoms with Gasteiger partial charge in [-0.05, 0) is 37.7 Å². The van der Waals surface area contributed by atoms with E-state index in [0.29, 0.717) is 6.54 Å². The minimum Gasteiger partial charge on any atom is -0.350 e. The van der Waals surface area contributed by atoms with E-state index < -0.39 is 11.7 Å². The van der Waals surface area contributed by atoms with E-state index in [2.05, 4.69) is 10.6 Å². The van der Waals surface area contributed by atoms with E-state index in [1.54, 1.807) is 0 Å². The number of hydrogen-bond donors (Lipinski definition) is 2. The summed E-state index contributed by atoms with van der Waals surface area (Å²) < 4.78 is 37.1. The average Bonchev–Trinajstić information content (AvgIpc) is 2.35. The molecule has 6 heteroatoms. The Morgan fingerprint density at radius 1 is 1.26 bits per heavy atom. The Morgan fingerprint density at radius 2 is 1.84 bits per heavy atom. The highest BCUT2D eigenvalue weighted by Crippen LogP contribution is 2.28. The molecule has 0 bridgehead atoms. The van der Waals surface area contributed by atoms with Crippen molar-refractivity contribution in [1.82, 2.24) is 10.6 Å². The number of likely N-dealkylation sites (N-methyl/N-ethyl adjacent to an activating group) is 1. The molecule has 0 saturated carbocycles. The van der Waals surface area contributed by atoms with Crippen LogP contribution in [0.25, 0.3) is 0 Å². The molecule has 0 aromatic heterocycles. The van der Waals surface area contributed by atoms with Crippen LogP contribution < -0.4 is 10.6 Å². The first kappa shape index (κ1) is 15.5. The fourth-order valence-electron chi connectivity index (χ4n) is 1.58. The van der Waals surface area contributed by atoms with Crippen LogP contribution in [-0.4, -0.2) is 25.0 Å². The molecular weight excluding hydrogens is 257 g/mol. The molecule has 19 heavy (non-hydrogen) atoms. The fourth-order valence-corrected chi connectivity index (χ4v) is 1.58. The van der Waals surface area contributed by atoms with E-state index >= 15 is 0 Å².